The van der Waals surface area contributed by atoms with Gasteiger partial charge in [-0.05, 0) is 25.4 Å². The van der Waals surface area contributed by atoms with Crippen molar-refractivity contribution in [3.63, 3.8) is 0 Å². The average molecular weight is 273 g/mol. The van der Waals surface area contributed by atoms with Crippen molar-refractivity contribution < 1.29 is 39.3 Å². The number of hydrogen-bond acceptors (Lipinski definition) is 6. The second-order valence-electron chi connectivity index (χ2n) is 2.20. The minimum absolute atomic E-state index is 0. The first kappa shape index (κ1) is 19.4. The van der Waals surface area contributed by atoms with Crippen LogP contribution in [0.4, 0.5) is 0 Å². The predicted molar refractivity (Wildman–Crippen MR) is 46.7 cm³/mol. The SMILES string of the molecule is CC(=O)[O-].CSCC[C@H](N)C(=O)[O-].[Zn+2]. The first-order valence-corrected chi connectivity index (χ1v) is 4.94. The normalized spacial score (nSPS) is 10.2. The summed E-state index contributed by atoms with van der Waals surface area (Å²) >= 11 is 1.58. The van der Waals surface area contributed by atoms with Gasteiger partial charge >= 0.3 is 19.5 Å². The van der Waals surface area contributed by atoms with Gasteiger partial charge in [-0.15, -0.1) is 0 Å². The molecule has 78 valence electrons. The van der Waals surface area contributed by atoms with Crippen LogP contribution in [0.2, 0.25) is 0 Å². The fourth-order valence-electron chi connectivity index (χ4n) is 0.363. The maximum Gasteiger partial charge on any atom is 2.00 e. The smallest absolute Gasteiger partial charge is 0.550 e. The standard InChI is InChI=1S/C5H11NO2S.C2H4O2.Zn/c1-9-3-2-4(6)5(7)8;1-2(3)4;/h4H,2-3,6H2,1H3,(H,7,8);1H3,(H,3,4);/q;;+2/p-2/t4-;;/m0../s1. The molecule has 0 aromatic carbocycles. The molecule has 0 fully saturated rings. The summed E-state index contributed by atoms with van der Waals surface area (Å²) in [6, 6.07) is -0.794. The molecule has 0 bridgehead atoms. The van der Waals surface area contributed by atoms with E-state index in [9.17, 15) is 9.90 Å². The van der Waals surface area contributed by atoms with Crippen molar-refractivity contribution in [3.8, 4) is 0 Å². The molecule has 0 spiro atoms. The van der Waals surface area contributed by atoms with Gasteiger partial charge in [0.05, 0.1) is 5.97 Å². The predicted octanol–water partition coefficient (Wildman–Crippen LogP) is -2.43. The van der Waals surface area contributed by atoms with Gasteiger partial charge in [-0.3, -0.25) is 0 Å². The number of aliphatic carboxylic acids is 2. The van der Waals surface area contributed by atoms with Crippen LogP contribution in [0.3, 0.4) is 0 Å². The van der Waals surface area contributed by atoms with Crippen molar-refractivity contribution in [3.05, 3.63) is 0 Å². The zero-order valence-corrected chi connectivity index (χ0v) is 12.1. The molecular formula is C7H13NO4SZn. The summed E-state index contributed by atoms with van der Waals surface area (Å²) in [5.74, 6) is -1.47. The average Bonchev–Trinajstić information content (AvgIpc) is 1.98. The fourth-order valence-corrected chi connectivity index (χ4v) is 0.852. The number of rotatable bonds is 4. The van der Waals surface area contributed by atoms with Gasteiger partial charge in [0.15, 0.2) is 0 Å². The molecule has 0 heterocycles. The molecule has 0 amide bonds. The third kappa shape index (κ3) is 22.6. The Kier molecular flexibility index (Phi) is 17.9. The molecule has 0 saturated heterocycles. The minimum Gasteiger partial charge on any atom is -0.550 e. The van der Waals surface area contributed by atoms with Crippen LogP contribution >= 0.6 is 11.8 Å². The molecule has 14 heavy (non-hydrogen) atoms. The topological polar surface area (TPSA) is 106 Å². The molecule has 2 N–H and O–H groups in total. The van der Waals surface area contributed by atoms with Crippen molar-refractivity contribution >= 4 is 23.7 Å². The first-order valence-electron chi connectivity index (χ1n) is 3.54. The van der Waals surface area contributed by atoms with E-state index in [1.807, 2.05) is 6.26 Å². The monoisotopic (exact) mass is 271 g/mol. The summed E-state index contributed by atoms with van der Waals surface area (Å²) in [7, 11) is 0. The van der Waals surface area contributed by atoms with Crippen molar-refractivity contribution in [1.82, 2.24) is 0 Å². The van der Waals surface area contributed by atoms with Crippen LogP contribution in [0.1, 0.15) is 13.3 Å². The summed E-state index contributed by atoms with van der Waals surface area (Å²) in [5, 5.41) is 18.8. The number of hydrogen-bond donors (Lipinski definition) is 1. The molecule has 0 aliphatic carbocycles. The van der Waals surface area contributed by atoms with Gasteiger partial charge in [0, 0.05) is 12.0 Å². The Hall–Kier alpha value is -0.127. The van der Waals surface area contributed by atoms with E-state index in [1.165, 1.54) is 0 Å². The van der Waals surface area contributed by atoms with E-state index in [0.717, 1.165) is 12.7 Å². The second kappa shape index (κ2) is 12.9. The molecule has 0 saturated carbocycles. The summed E-state index contributed by atoms with van der Waals surface area (Å²) in [4.78, 5) is 18.8. The molecular weight excluding hydrogens is 260 g/mol. The van der Waals surface area contributed by atoms with Crippen LogP contribution < -0.4 is 15.9 Å². The van der Waals surface area contributed by atoms with E-state index in [-0.39, 0.29) is 19.5 Å². The van der Waals surface area contributed by atoms with Gasteiger partial charge in [-0.25, -0.2) is 0 Å². The molecule has 0 aliphatic rings. The van der Waals surface area contributed by atoms with Crippen LogP contribution in [0.15, 0.2) is 0 Å². The van der Waals surface area contributed by atoms with E-state index in [1.54, 1.807) is 11.8 Å². The van der Waals surface area contributed by atoms with Gasteiger partial charge in [0.1, 0.15) is 0 Å². The van der Waals surface area contributed by atoms with Crippen molar-refractivity contribution in [2.24, 2.45) is 5.73 Å². The molecule has 0 aromatic rings. The molecule has 1 atom stereocenters. The van der Waals surface area contributed by atoms with Crippen molar-refractivity contribution in [2.75, 3.05) is 12.0 Å². The second-order valence-corrected chi connectivity index (χ2v) is 3.18. The Bertz CT molecular complexity index is 164. The van der Waals surface area contributed by atoms with Crippen molar-refractivity contribution in [2.45, 2.75) is 19.4 Å². The Morgan fingerprint density at radius 3 is 2.00 bits per heavy atom. The summed E-state index contributed by atoms with van der Waals surface area (Å²) < 4.78 is 0. The van der Waals surface area contributed by atoms with Gasteiger partial charge in [-0.2, -0.15) is 11.8 Å². The maximum atomic E-state index is 9.96. The zero-order valence-electron chi connectivity index (χ0n) is 8.32. The van der Waals surface area contributed by atoms with Gasteiger partial charge in [0.2, 0.25) is 0 Å². The number of nitrogens with two attached hydrogens (primary N) is 1. The van der Waals surface area contributed by atoms with Crippen LogP contribution in [0, 0.1) is 0 Å². The zero-order chi connectivity index (χ0) is 10.9. The summed E-state index contributed by atoms with van der Waals surface area (Å²) in [5.41, 5.74) is 5.13. The van der Waals surface area contributed by atoms with Gasteiger partial charge in [0.25, 0.3) is 0 Å². The van der Waals surface area contributed by atoms with Gasteiger partial charge in [-0.1, -0.05) is 0 Å². The molecule has 5 nitrogen and oxygen atoms in total. The Morgan fingerprint density at radius 2 is 1.79 bits per heavy atom. The van der Waals surface area contributed by atoms with E-state index < -0.39 is 18.0 Å². The first-order chi connectivity index (χ1) is 5.91. The van der Waals surface area contributed by atoms with E-state index >= 15 is 0 Å². The number of carbonyl (C=O) groups excluding carboxylic acids is 2. The third-order valence-corrected chi connectivity index (χ3v) is 1.58. The number of thioether (sulfide) groups is 1. The summed E-state index contributed by atoms with van der Waals surface area (Å²) in [6.45, 7) is 0.972. The largest absolute Gasteiger partial charge is 2.00 e. The summed E-state index contributed by atoms with van der Waals surface area (Å²) in [6.07, 6.45) is 2.39. The van der Waals surface area contributed by atoms with Crippen LogP contribution in [-0.2, 0) is 29.1 Å². The number of carboxylic acids is 2. The van der Waals surface area contributed by atoms with Gasteiger partial charge < -0.3 is 25.5 Å². The van der Waals surface area contributed by atoms with E-state index in [0.29, 0.717) is 6.42 Å². The molecule has 0 unspecified atom stereocenters. The Balaban J connectivity index is -0.000000209. The minimum atomic E-state index is -1.16. The Morgan fingerprint density at radius 1 is 1.43 bits per heavy atom. The van der Waals surface area contributed by atoms with Crippen LogP contribution in [0.5, 0.6) is 0 Å². The molecule has 7 heteroatoms. The molecule has 0 aromatic heterocycles. The quantitative estimate of drug-likeness (QED) is 0.571. The van der Waals surface area contributed by atoms with Crippen LogP contribution in [0.25, 0.3) is 0 Å². The molecule has 0 aliphatic heterocycles. The van der Waals surface area contributed by atoms with Crippen LogP contribution in [-0.4, -0.2) is 30.0 Å². The third-order valence-electron chi connectivity index (χ3n) is 0.936. The number of carbonyl (C=O) groups is 2. The van der Waals surface area contributed by atoms with Crippen molar-refractivity contribution in [1.29, 1.82) is 0 Å². The molecule has 0 radical (unpaired) electrons. The maximum absolute atomic E-state index is 9.96. The fraction of sp³-hybridized carbons (Fsp3) is 0.714. The van der Waals surface area contributed by atoms with E-state index in [4.69, 9.17) is 15.6 Å². The van der Waals surface area contributed by atoms with E-state index in [2.05, 4.69) is 0 Å². The number of carboxylic acid groups (broad SMARTS) is 2. The molecule has 0 rings (SSSR count). The Labute approximate surface area is 100 Å².